The van der Waals surface area contributed by atoms with E-state index in [4.69, 9.17) is 4.74 Å². The molecule has 0 aliphatic carbocycles. The normalized spacial score (nSPS) is 11.5. The van der Waals surface area contributed by atoms with Gasteiger partial charge in [-0.05, 0) is 30.5 Å². The first-order valence-electron chi connectivity index (χ1n) is 8.19. The van der Waals surface area contributed by atoms with Crippen molar-refractivity contribution < 1.29 is 18.1 Å². The summed E-state index contributed by atoms with van der Waals surface area (Å²) in [6, 6.07) is 11.6. The highest BCUT2D eigenvalue weighted by molar-refractivity contribution is 7.89. The molecule has 140 valence electrons. The van der Waals surface area contributed by atoms with Crippen LogP contribution < -0.4 is 9.46 Å². The Hall–Kier alpha value is -2.45. The van der Waals surface area contributed by atoms with Gasteiger partial charge in [-0.2, -0.15) is 0 Å². The number of hydrogen-bond donors (Lipinski definition) is 1. The van der Waals surface area contributed by atoms with Crippen molar-refractivity contribution in [1.82, 2.24) is 4.72 Å². The second-order valence-corrected chi connectivity index (χ2v) is 7.83. The molecule has 0 aliphatic heterocycles. The fourth-order valence-corrected chi connectivity index (χ4v) is 3.87. The summed E-state index contributed by atoms with van der Waals surface area (Å²) in [7, 11) is -3.86. The Kier molecular flexibility index (Phi) is 6.33. The van der Waals surface area contributed by atoms with Gasteiger partial charge in [0.1, 0.15) is 12.4 Å². The predicted octanol–water partition coefficient (Wildman–Crippen LogP) is 3.38. The Morgan fingerprint density at radius 2 is 1.85 bits per heavy atom. The number of ether oxygens (including phenoxy) is 1. The maximum Gasteiger partial charge on any atom is 0.273 e. The van der Waals surface area contributed by atoms with E-state index in [1.54, 1.807) is 0 Å². The molecule has 0 saturated heterocycles. The number of nitrogens with zero attached hydrogens (tertiary/aromatic N) is 1. The Morgan fingerprint density at radius 1 is 1.15 bits per heavy atom. The fraction of sp³-hybridized carbons (Fsp3) is 0.333. The quantitative estimate of drug-likeness (QED) is 0.431. The average molecular weight is 378 g/mol. The number of sulfonamides is 1. The van der Waals surface area contributed by atoms with Crippen LogP contribution in [-0.2, 0) is 10.0 Å². The van der Waals surface area contributed by atoms with Gasteiger partial charge < -0.3 is 4.74 Å². The molecular weight excluding hydrogens is 356 g/mol. The smallest absolute Gasteiger partial charge is 0.273 e. The maximum absolute atomic E-state index is 12.4. The van der Waals surface area contributed by atoms with Gasteiger partial charge in [-0.3, -0.25) is 10.1 Å². The van der Waals surface area contributed by atoms with Crippen LogP contribution in [0.15, 0.2) is 47.4 Å². The van der Waals surface area contributed by atoms with Gasteiger partial charge in [0.15, 0.2) is 0 Å². The Labute approximate surface area is 153 Å². The van der Waals surface area contributed by atoms with Crippen molar-refractivity contribution in [1.29, 1.82) is 0 Å². The molecule has 0 radical (unpaired) electrons. The van der Waals surface area contributed by atoms with E-state index in [1.165, 1.54) is 25.1 Å². The number of benzene rings is 2. The van der Waals surface area contributed by atoms with Gasteiger partial charge in [0.05, 0.1) is 9.82 Å². The zero-order valence-electron chi connectivity index (χ0n) is 14.9. The zero-order chi connectivity index (χ0) is 19.3. The van der Waals surface area contributed by atoms with E-state index in [2.05, 4.69) is 18.6 Å². The average Bonchev–Trinajstić information content (AvgIpc) is 2.58. The Morgan fingerprint density at radius 3 is 2.50 bits per heavy atom. The minimum absolute atomic E-state index is 0.0525. The van der Waals surface area contributed by atoms with E-state index in [1.807, 2.05) is 24.3 Å². The summed E-state index contributed by atoms with van der Waals surface area (Å²) in [5, 5.41) is 11.0. The standard InChI is InChI=1S/C18H22N2O5S/c1-13(2)15-7-4-5-9-17(15)25-12-11-19-26(23,24)18-10-6-8-16(14(18)3)20(21)22/h4-10,13,19H,11-12H2,1-3H3. The van der Waals surface area contributed by atoms with Crippen LogP contribution in [0, 0.1) is 17.0 Å². The first kappa shape index (κ1) is 19.9. The summed E-state index contributed by atoms with van der Waals surface area (Å²) in [5.41, 5.74) is 0.927. The highest BCUT2D eigenvalue weighted by atomic mass is 32.2. The maximum atomic E-state index is 12.4. The van der Waals surface area contributed by atoms with Crippen LogP contribution in [0.1, 0.15) is 30.9 Å². The molecule has 0 amide bonds. The van der Waals surface area contributed by atoms with E-state index in [0.717, 1.165) is 5.56 Å². The summed E-state index contributed by atoms with van der Waals surface area (Å²) < 4.78 is 33.0. The third kappa shape index (κ3) is 4.59. The summed E-state index contributed by atoms with van der Waals surface area (Å²) in [6.45, 7) is 5.72. The molecule has 1 N–H and O–H groups in total. The lowest BCUT2D eigenvalue weighted by molar-refractivity contribution is -0.385. The Bertz CT molecular complexity index is 894. The second-order valence-electron chi connectivity index (χ2n) is 6.10. The number of nitro groups is 1. The van der Waals surface area contributed by atoms with Crippen molar-refractivity contribution in [2.24, 2.45) is 0 Å². The van der Waals surface area contributed by atoms with E-state index in [0.29, 0.717) is 5.75 Å². The fourth-order valence-electron chi connectivity index (χ4n) is 2.60. The van der Waals surface area contributed by atoms with Crippen LogP contribution in [0.2, 0.25) is 0 Å². The van der Waals surface area contributed by atoms with E-state index in [-0.39, 0.29) is 35.2 Å². The molecular formula is C18H22N2O5S. The lowest BCUT2D eigenvalue weighted by Gasteiger charge is -2.14. The molecule has 0 unspecified atom stereocenters. The van der Waals surface area contributed by atoms with E-state index < -0.39 is 14.9 Å². The number of nitro benzene ring substituents is 1. The summed E-state index contributed by atoms with van der Waals surface area (Å²) >= 11 is 0. The third-order valence-electron chi connectivity index (χ3n) is 3.93. The van der Waals surface area contributed by atoms with Crippen LogP contribution >= 0.6 is 0 Å². The lowest BCUT2D eigenvalue weighted by Crippen LogP contribution is -2.29. The van der Waals surface area contributed by atoms with Crippen molar-refractivity contribution in [2.75, 3.05) is 13.2 Å². The highest BCUT2D eigenvalue weighted by Gasteiger charge is 2.22. The summed E-state index contributed by atoms with van der Waals surface area (Å²) in [4.78, 5) is 10.3. The van der Waals surface area contributed by atoms with Crippen LogP contribution in [-0.4, -0.2) is 26.5 Å². The minimum Gasteiger partial charge on any atom is -0.492 e. The molecule has 0 spiro atoms. The van der Waals surface area contributed by atoms with Crippen LogP contribution in [0.3, 0.4) is 0 Å². The first-order valence-corrected chi connectivity index (χ1v) is 9.67. The van der Waals surface area contributed by atoms with E-state index >= 15 is 0 Å². The molecule has 0 aliphatic rings. The Balaban J connectivity index is 2.04. The summed E-state index contributed by atoms with van der Waals surface area (Å²) in [5.74, 6) is 1.00. The number of hydrogen-bond acceptors (Lipinski definition) is 5. The third-order valence-corrected chi connectivity index (χ3v) is 5.54. The predicted molar refractivity (Wildman–Crippen MR) is 99.0 cm³/mol. The lowest BCUT2D eigenvalue weighted by atomic mass is 10.0. The minimum atomic E-state index is -3.86. The van der Waals surface area contributed by atoms with Crippen molar-refractivity contribution in [3.05, 3.63) is 63.7 Å². The monoisotopic (exact) mass is 378 g/mol. The van der Waals surface area contributed by atoms with Gasteiger partial charge in [-0.15, -0.1) is 0 Å². The van der Waals surface area contributed by atoms with Crippen molar-refractivity contribution in [3.8, 4) is 5.75 Å². The molecule has 2 rings (SSSR count). The molecule has 7 nitrogen and oxygen atoms in total. The van der Waals surface area contributed by atoms with Gasteiger partial charge in [-0.1, -0.05) is 38.1 Å². The topological polar surface area (TPSA) is 98.5 Å². The number of para-hydroxylation sites is 1. The first-order chi connectivity index (χ1) is 12.2. The SMILES string of the molecule is Cc1c([N+](=O)[O-])cccc1S(=O)(=O)NCCOc1ccccc1C(C)C. The highest BCUT2D eigenvalue weighted by Crippen LogP contribution is 2.26. The molecule has 8 heteroatoms. The number of nitrogens with one attached hydrogen (secondary N) is 1. The molecule has 0 saturated carbocycles. The van der Waals surface area contributed by atoms with E-state index in [9.17, 15) is 18.5 Å². The second kappa shape index (κ2) is 8.29. The number of rotatable bonds is 8. The molecule has 0 aromatic heterocycles. The molecule has 0 heterocycles. The van der Waals surface area contributed by atoms with Gasteiger partial charge in [0.25, 0.3) is 5.69 Å². The largest absolute Gasteiger partial charge is 0.492 e. The van der Waals surface area contributed by atoms with Crippen molar-refractivity contribution >= 4 is 15.7 Å². The van der Waals surface area contributed by atoms with Crippen LogP contribution in [0.5, 0.6) is 5.75 Å². The van der Waals surface area contributed by atoms with Crippen LogP contribution in [0.4, 0.5) is 5.69 Å². The van der Waals surface area contributed by atoms with Gasteiger partial charge in [-0.25, -0.2) is 13.1 Å². The molecule has 2 aromatic rings. The van der Waals surface area contributed by atoms with Crippen molar-refractivity contribution in [2.45, 2.75) is 31.6 Å². The van der Waals surface area contributed by atoms with Crippen molar-refractivity contribution in [3.63, 3.8) is 0 Å². The van der Waals surface area contributed by atoms with Gasteiger partial charge >= 0.3 is 0 Å². The molecule has 0 atom stereocenters. The zero-order valence-corrected chi connectivity index (χ0v) is 15.7. The molecule has 0 bridgehead atoms. The van der Waals surface area contributed by atoms with Crippen LogP contribution in [0.25, 0.3) is 0 Å². The van der Waals surface area contributed by atoms with Gasteiger partial charge in [0.2, 0.25) is 10.0 Å². The molecule has 26 heavy (non-hydrogen) atoms. The molecule has 0 fully saturated rings. The van der Waals surface area contributed by atoms with Gasteiger partial charge in [0, 0.05) is 18.2 Å². The molecule has 2 aromatic carbocycles. The summed E-state index contributed by atoms with van der Waals surface area (Å²) in [6.07, 6.45) is 0.